The van der Waals surface area contributed by atoms with Crippen LogP contribution in [0.3, 0.4) is 0 Å². The van der Waals surface area contributed by atoms with Crippen molar-refractivity contribution in [3.05, 3.63) is 53.1 Å². The molecule has 0 unspecified atom stereocenters. The molecular formula is C14H16N4O. The summed E-state index contributed by atoms with van der Waals surface area (Å²) in [5.41, 5.74) is 9.71. The monoisotopic (exact) mass is 256 g/mol. The van der Waals surface area contributed by atoms with Crippen LogP contribution in [-0.2, 0) is 6.42 Å². The van der Waals surface area contributed by atoms with Gasteiger partial charge in [0.25, 0.3) is 5.91 Å². The summed E-state index contributed by atoms with van der Waals surface area (Å²) in [4.78, 5) is 19.1. The molecule has 0 saturated heterocycles. The van der Waals surface area contributed by atoms with E-state index in [1.807, 2.05) is 25.1 Å². The van der Waals surface area contributed by atoms with Crippen LogP contribution in [0.25, 0.3) is 0 Å². The van der Waals surface area contributed by atoms with Gasteiger partial charge in [-0.25, -0.2) is 4.98 Å². The van der Waals surface area contributed by atoms with Gasteiger partial charge in [-0.05, 0) is 24.5 Å². The van der Waals surface area contributed by atoms with Crippen molar-refractivity contribution in [1.29, 1.82) is 0 Å². The molecule has 1 aromatic heterocycles. The van der Waals surface area contributed by atoms with Crippen LogP contribution in [0.2, 0.25) is 0 Å². The number of rotatable bonds is 2. The van der Waals surface area contributed by atoms with Crippen LogP contribution in [0.15, 0.2) is 30.6 Å². The maximum atomic E-state index is 12.1. The third kappa shape index (κ3) is 2.02. The number of amides is 1. The SMILES string of the molecule is Cc1[nH]cnc1C(=O)N[C@@H]1Cc2ccccc2[C@H]1N. The van der Waals surface area contributed by atoms with E-state index in [-0.39, 0.29) is 18.0 Å². The first-order valence-corrected chi connectivity index (χ1v) is 6.31. The van der Waals surface area contributed by atoms with Crippen molar-refractivity contribution in [2.45, 2.75) is 25.4 Å². The highest BCUT2D eigenvalue weighted by Gasteiger charge is 2.31. The molecule has 1 aliphatic carbocycles. The van der Waals surface area contributed by atoms with Gasteiger partial charge in [-0.3, -0.25) is 4.79 Å². The van der Waals surface area contributed by atoms with Crippen LogP contribution in [0.5, 0.6) is 0 Å². The Hall–Kier alpha value is -2.14. The molecule has 2 atom stereocenters. The minimum atomic E-state index is -0.174. The number of carbonyl (C=O) groups excluding carboxylic acids is 1. The number of benzene rings is 1. The Morgan fingerprint density at radius 1 is 1.47 bits per heavy atom. The Morgan fingerprint density at radius 3 is 2.95 bits per heavy atom. The van der Waals surface area contributed by atoms with Gasteiger partial charge in [-0.1, -0.05) is 24.3 Å². The molecule has 1 heterocycles. The predicted octanol–water partition coefficient (Wildman–Crippen LogP) is 1.07. The molecule has 3 rings (SSSR count). The molecule has 98 valence electrons. The number of nitrogens with two attached hydrogens (primary N) is 1. The first kappa shape index (κ1) is 11.9. The number of hydrogen-bond donors (Lipinski definition) is 3. The van der Waals surface area contributed by atoms with Crippen LogP contribution < -0.4 is 11.1 Å². The smallest absolute Gasteiger partial charge is 0.272 e. The first-order chi connectivity index (χ1) is 9.16. The fourth-order valence-corrected chi connectivity index (χ4v) is 2.59. The number of H-pyrrole nitrogens is 1. The highest BCUT2D eigenvalue weighted by atomic mass is 16.2. The van der Waals surface area contributed by atoms with Crippen molar-refractivity contribution in [3.63, 3.8) is 0 Å². The van der Waals surface area contributed by atoms with Crippen LogP contribution in [0.1, 0.15) is 33.4 Å². The second-order valence-corrected chi connectivity index (χ2v) is 4.88. The fourth-order valence-electron chi connectivity index (χ4n) is 2.59. The average Bonchev–Trinajstić information content (AvgIpc) is 2.95. The summed E-state index contributed by atoms with van der Waals surface area (Å²) in [5, 5.41) is 2.97. The van der Waals surface area contributed by atoms with E-state index in [2.05, 4.69) is 21.4 Å². The van der Waals surface area contributed by atoms with Crippen molar-refractivity contribution in [2.75, 3.05) is 0 Å². The Kier molecular flexibility index (Phi) is 2.83. The van der Waals surface area contributed by atoms with E-state index in [9.17, 15) is 4.79 Å². The topological polar surface area (TPSA) is 83.8 Å². The van der Waals surface area contributed by atoms with Gasteiger partial charge >= 0.3 is 0 Å². The lowest BCUT2D eigenvalue weighted by Crippen LogP contribution is -2.41. The number of hydrogen-bond acceptors (Lipinski definition) is 3. The number of imidazole rings is 1. The minimum Gasteiger partial charge on any atom is -0.348 e. The number of fused-ring (bicyclic) bond motifs is 1. The third-order valence-electron chi connectivity index (χ3n) is 3.65. The van der Waals surface area contributed by atoms with Gasteiger partial charge in [0.1, 0.15) is 5.69 Å². The van der Waals surface area contributed by atoms with E-state index >= 15 is 0 Å². The van der Waals surface area contributed by atoms with Gasteiger partial charge in [0.15, 0.2) is 0 Å². The zero-order valence-electron chi connectivity index (χ0n) is 10.7. The molecule has 0 fully saturated rings. The Balaban J connectivity index is 1.77. The minimum absolute atomic E-state index is 0.0685. The lowest BCUT2D eigenvalue weighted by atomic mass is 10.1. The first-order valence-electron chi connectivity index (χ1n) is 6.31. The molecule has 2 aromatic rings. The third-order valence-corrected chi connectivity index (χ3v) is 3.65. The summed E-state index contributed by atoms with van der Waals surface area (Å²) in [6, 6.07) is 7.82. The molecular weight excluding hydrogens is 240 g/mol. The number of nitrogens with one attached hydrogen (secondary N) is 2. The maximum absolute atomic E-state index is 12.1. The number of aromatic nitrogens is 2. The van der Waals surface area contributed by atoms with Crippen molar-refractivity contribution < 1.29 is 4.79 Å². The Morgan fingerprint density at radius 2 is 2.26 bits per heavy atom. The molecule has 1 aromatic carbocycles. The number of aryl methyl sites for hydroxylation is 1. The van der Waals surface area contributed by atoms with E-state index in [0.717, 1.165) is 17.7 Å². The van der Waals surface area contributed by atoms with Crippen LogP contribution >= 0.6 is 0 Å². The van der Waals surface area contributed by atoms with Crippen molar-refractivity contribution in [1.82, 2.24) is 15.3 Å². The molecule has 19 heavy (non-hydrogen) atoms. The standard InChI is InChI=1S/C14H16N4O/c1-8-13(17-7-16-8)14(19)18-11-6-9-4-2-3-5-10(9)12(11)15/h2-5,7,11-12H,6,15H2,1H3,(H,16,17)(H,18,19)/t11-,12-/m1/s1. The number of aromatic amines is 1. The van der Waals surface area contributed by atoms with Crippen molar-refractivity contribution in [3.8, 4) is 0 Å². The second-order valence-electron chi connectivity index (χ2n) is 4.88. The summed E-state index contributed by atoms with van der Waals surface area (Å²) < 4.78 is 0. The molecule has 4 N–H and O–H groups in total. The Bertz CT molecular complexity index is 619. The van der Waals surface area contributed by atoms with E-state index in [4.69, 9.17) is 5.73 Å². The summed E-state index contributed by atoms with van der Waals surface area (Å²) in [5.74, 6) is -0.174. The van der Waals surface area contributed by atoms with Crippen LogP contribution in [-0.4, -0.2) is 21.9 Å². The van der Waals surface area contributed by atoms with Crippen LogP contribution in [0.4, 0.5) is 0 Å². The zero-order valence-corrected chi connectivity index (χ0v) is 10.7. The molecule has 5 heteroatoms. The highest BCUT2D eigenvalue weighted by molar-refractivity contribution is 5.93. The molecule has 0 aliphatic heterocycles. The van der Waals surface area contributed by atoms with Crippen LogP contribution in [0, 0.1) is 6.92 Å². The zero-order chi connectivity index (χ0) is 13.4. The highest BCUT2D eigenvalue weighted by Crippen LogP contribution is 2.29. The number of nitrogens with zero attached hydrogens (tertiary/aromatic N) is 1. The van der Waals surface area contributed by atoms with Gasteiger partial charge in [-0.15, -0.1) is 0 Å². The lowest BCUT2D eigenvalue weighted by molar-refractivity contribution is 0.0928. The molecule has 1 aliphatic rings. The quantitative estimate of drug-likeness (QED) is 0.751. The molecule has 5 nitrogen and oxygen atoms in total. The molecule has 0 saturated carbocycles. The van der Waals surface area contributed by atoms with E-state index in [0.29, 0.717) is 5.69 Å². The number of carbonyl (C=O) groups is 1. The maximum Gasteiger partial charge on any atom is 0.272 e. The molecule has 0 spiro atoms. The predicted molar refractivity (Wildman–Crippen MR) is 71.7 cm³/mol. The molecule has 0 radical (unpaired) electrons. The summed E-state index contributed by atoms with van der Waals surface area (Å²) >= 11 is 0. The van der Waals surface area contributed by atoms with E-state index in [1.54, 1.807) is 0 Å². The lowest BCUT2D eigenvalue weighted by Gasteiger charge is -2.17. The summed E-state index contributed by atoms with van der Waals surface area (Å²) in [6.45, 7) is 1.82. The average molecular weight is 256 g/mol. The van der Waals surface area contributed by atoms with E-state index in [1.165, 1.54) is 11.9 Å². The Labute approximate surface area is 111 Å². The second kappa shape index (κ2) is 4.51. The van der Waals surface area contributed by atoms with E-state index < -0.39 is 0 Å². The van der Waals surface area contributed by atoms with Crippen molar-refractivity contribution in [2.24, 2.45) is 5.73 Å². The summed E-state index contributed by atoms with van der Waals surface area (Å²) in [7, 11) is 0. The fraction of sp³-hybridized carbons (Fsp3) is 0.286. The van der Waals surface area contributed by atoms with Gasteiger partial charge in [0.05, 0.1) is 18.4 Å². The molecule has 0 bridgehead atoms. The van der Waals surface area contributed by atoms with Gasteiger partial charge in [0, 0.05) is 5.69 Å². The van der Waals surface area contributed by atoms with Gasteiger partial charge in [0.2, 0.25) is 0 Å². The normalized spacial score (nSPS) is 21.2. The summed E-state index contributed by atoms with van der Waals surface area (Å²) in [6.07, 6.45) is 2.29. The molecule has 1 amide bonds. The van der Waals surface area contributed by atoms with Gasteiger partial charge < -0.3 is 16.0 Å². The largest absolute Gasteiger partial charge is 0.348 e. The van der Waals surface area contributed by atoms with Crippen molar-refractivity contribution >= 4 is 5.91 Å². The van der Waals surface area contributed by atoms with Gasteiger partial charge in [-0.2, -0.15) is 0 Å².